The Morgan fingerprint density at radius 2 is 0.467 bits per heavy atom. The minimum absolute atomic E-state index is 0.769. The number of hydrogen-bond acceptors (Lipinski definition) is 3. The van der Waals surface area contributed by atoms with Crippen LogP contribution in [0.4, 0.5) is 0 Å². The van der Waals surface area contributed by atoms with Crippen molar-refractivity contribution >= 4 is 0 Å². The minimum atomic E-state index is 0.769. The zero-order valence-corrected chi connectivity index (χ0v) is 23.3. The van der Waals surface area contributed by atoms with E-state index in [2.05, 4.69) is 119 Å². The summed E-state index contributed by atoms with van der Waals surface area (Å²) in [7, 11) is 0. The molecule has 3 rings (SSSR count). The molecule has 0 amide bonds. The minimum Gasteiger partial charge on any atom is -0.292 e. The molecule has 0 aliphatic carbocycles. The fourth-order valence-electron chi connectivity index (χ4n) is 4.85. The molecule has 30 heavy (non-hydrogen) atoms. The fourth-order valence-corrected chi connectivity index (χ4v) is 4.85. The van der Waals surface area contributed by atoms with Gasteiger partial charge >= 0.3 is 0 Å². The quantitative estimate of drug-likeness (QED) is 0.459. The van der Waals surface area contributed by atoms with Crippen LogP contribution in [-0.4, -0.2) is 69.1 Å². The maximum Gasteiger partial charge on any atom is 0.0227 e. The molecule has 3 heteroatoms. The van der Waals surface area contributed by atoms with Gasteiger partial charge in [-0.2, -0.15) is 0 Å². The summed E-state index contributed by atoms with van der Waals surface area (Å²) in [5.41, 5.74) is 0. The molecule has 3 fully saturated rings. The molecular weight excluding hydrogens is 366 g/mol. The van der Waals surface area contributed by atoms with Crippen molar-refractivity contribution in [1.29, 1.82) is 0 Å². The molecule has 0 aromatic heterocycles. The highest BCUT2D eigenvalue weighted by Gasteiger charge is 2.44. The van der Waals surface area contributed by atoms with E-state index < -0.39 is 0 Å². The normalized spacial score (nSPS) is 42.0. The molecule has 180 valence electrons. The molecule has 3 saturated heterocycles. The molecule has 7 unspecified atom stereocenters. The van der Waals surface area contributed by atoms with Gasteiger partial charge in [-0.25, -0.2) is 0 Å². The van der Waals surface area contributed by atoms with Crippen molar-refractivity contribution in [2.45, 2.75) is 158 Å². The molecule has 0 aromatic carbocycles. The Kier molecular flexibility index (Phi) is 10.4. The highest BCUT2D eigenvalue weighted by Crippen LogP contribution is 2.34. The first-order valence-electron chi connectivity index (χ1n) is 13.0. The number of rotatable bonds is 6. The molecule has 9 atom stereocenters. The van der Waals surface area contributed by atoms with Gasteiger partial charge < -0.3 is 0 Å². The van der Waals surface area contributed by atoms with Crippen molar-refractivity contribution in [1.82, 2.24) is 14.7 Å². The van der Waals surface area contributed by atoms with Gasteiger partial charge in [0.2, 0.25) is 0 Å². The summed E-state index contributed by atoms with van der Waals surface area (Å²) >= 11 is 0. The highest BCUT2D eigenvalue weighted by molar-refractivity contribution is 5.00. The molecule has 0 aromatic rings. The van der Waals surface area contributed by atoms with E-state index in [1.807, 2.05) is 0 Å². The lowest BCUT2D eigenvalue weighted by molar-refractivity contribution is 0.303. The summed E-state index contributed by atoms with van der Waals surface area (Å²) in [6.07, 6.45) is 0. The maximum absolute atomic E-state index is 2.57. The van der Waals surface area contributed by atoms with Crippen LogP contribution in [0.1, 0.15) is 104 Å². The van der Waals surface area contributed by atoms with Crippen molar-refractivity contribution in [3.63, 3.8) is 0 Å². The summed E-state index contributed by atoms with van der Waals surface area (Å²) in [6.45, 7) is 34.6. The van der Waals surface area contributed by atoms with Gasteiger partial charge in [-0.15, -0.1) is 0 Å². The third kappa shape index (κ3) is 6.94. The Bertz CT molecular complexity index is 387. The van der Waals surface area contributed by atoms with E-state index in [-0.39, 0.29) is 0 Å². The third-order valence-electron chi connectivity index (χ3n) is 8.95. The summed E-state index contributed by atoms with van der Waals surface area (Å²) in [5, 5.41) is 0. The molecule has 3 aliphatic heterocycles. The molecule has 0 saturated carbocycles. The number of hydrogen-bond donors (Lipinski definition) is 0. The van der Waals surface area contributed by atoms with Crippen molar-refractivity contribution in [2.24, 2.45) is 17.8 Å². The zero-order valence-electron chi connectivity index (χ0n) is 23.3. The van der Waals surface area contributed by atoms with Crippen LogP contribution in [0, 0.1) is 17.8 Å². The van der Waals surface area contributed by atoms with Gasteiger partial charge in [-0.3, -0.25) is 14.7 Å². The average molecular weight is 424 g/mol. The lowest BCUT2D eigenvalue weighted by Crippen LogP contribution is -2.23. The second kappa shape index (κ2) is 11.1. The Balaban J connectivity index is 0.000000225. The van der Waals surface area contributed by atoms with E-state index in [1.165, 1.54) is 0 Å². The van der Waals surface area contributed by atoms with E-state index in [4.69, 9.17) is 0 Å². The Morgan fingerprint density at radius 1 is 0.333 bits per heavy atom. The zero-order chi connectivity index (χ0) is 23.7. The van der Waals surface area contributed by atoms with Gasteiger partial charge in [0.15, 0.2) is 0 Å². The topological polar surface area (TPSA) is 9.03 Å². The van der Waals surface area contributed by atoms with Crippen molar-refractivity contribution < 1.29 is 0 Å². The number of nitrogens with zero attached hydrogens (tertiary/aromatic N) is 3. The SMILES string of the molecule is CC(C)C(C)N1C(C)C1C.CC(C)[C@@H](C)N1C(C)C1C.CC(C)[C@H](C)N1C(C)C1C. The van der Waals surface area contributed by atoms with Gasteiger partial charge in [0.1, 0.15) is 0 Å². The Hall–Kier alpha value is -0.120. The average Bonchev–Trinajstić information content (AvgIpc) is 3.58. The van der Waals surface area contributed by atoms with Crippen LogP contribution in [0.25, 0.3) is 0 Å². The third-order valence-corrected chi connectivity index (χ3v) is 8.95. The van der Waals surface area contributed by atoms with E-state index in [1.54, 1.807) is 0 Å². The molecule has 0 N–H and O–H groups in total. The fraction of sp³-hybridized carbons (Fsp3) is 1.00. The van der Waals surface area contributed by atoms with Crippen molar-refractivity contribution in [2.75, 3.05) is 0 Å². The first-order valence-corrected chi connectivity index (χ1v) is 13.0. The Morgan fingerprint density at radius 3 is 0.500 bits per heavy atom. The second-order valence-electron chi connectivity index (χ2n) is 11.7. The smallest absolute Gasteiger partial charge is 0.0227 e. The molecule has 0 radical (unpaired) electrons. The van der Waals surface area contributed by atoms with Gasteiger partial charge in [-0.1, -0.05) is 41.5 Å². The summed E-state index contributed by atoms with van der Waals surface area (Å²) < 4.78 is 0. The standard InChI is InChI=1S/3C9H19N/c3*1-6(2)7(3)10-8(4)9(10)5/h3*6-9H,1-5H3/t2*7-,8?,9?,10?;/m10./s1. The lowest BCUT2D eigenvalue weighted by Gasteiger charge is -2.17. The van der Waals surface area contributed by atoms with Crippen LogP contribution in [0.15, 0.2) is 0 Å². The summed E-state index contributed by atoms with van der Waals surface area (Å²) in [6, 6.07) is 7.29. The van der Waals surface area contributed by atoms with E-state index >= 15 is 0 Å². The first-order chi connectivity index (χ1) is 13.7. The van der Waals surface area contributed by atoms with Crippen LogP contribution in [0.2, 0.25) is 0 Å². The van der Waals surface area contributed by atoms with Gasteiger partial charge in [-0.05, 0) is 80.1 Å². The van der Waals surface area contributed by atoms with E-state index in [0.717, 1.165) is 72.1 Å². The predicted octanol–water partition coefficient (Wildman–Crippen LogP) is 6.37. The molecule has 3 aliphatic rings. The van der Waals surface area contributed by atoms with Crippen LogP contribution in [0.3, 0.4) is 0 Å². The predicted molar refractivity (Wildman–Crippen MR) is 135 cm³/mol. The molecular formula is C27H57N3. The largest absolute Gasteiger partial charge is 0.292 e. The van der Waals surface area contributed by atoms with Crippen LogP contribution in [-0.2, 0) is 0 Å². The molecule has 0 bridgehead atoms. The van der Waals surface area contributed by atoms with Gasteiger partial charge in [0.25, 0.3) is 0 Å². The monoisotopic (exact) mass is 423 g/mol. The van der Waals surface area contributed by atoms with Crippen molar-refractivity contribution in [3.05, 3.63) is 0 Å². The van der Waals surface area contributed by atoms with E-state index in [9.17, 15) is 0 Å². The second-order valence-corrected chi connectivity index (χ2v) is 11.7. The summed E-state index contributed by atoms with van der Waals surface area (Å²) in [4.78, 5) is 7.72. The van der Waals surface area contributed by atoms with Crippen LogP contribution in [0.5, 0.6) is 0 Å². The lowest BCUT2D eigenvalue weighted by atomic mass is 10.1. The van der Waals surface area contributed by atoms with Crippen molar-refractivity contribution in [3.8, 4) is 0 Å². The van der Waals surface area contributed by atoms with Gasteiger partial charge in [0, 0.05) is 54.4 Å². The molecule has 3 nitrogen and oxygen atoms in total. The van der Waals surface area contributed by atoms with Gasteiger partial charge in [0.05, 0.1) is 0 Å². The van der Waals surface area contributed by atoms with E-state index in [0.29, 0.717) is 0 Å². The Labute approximate surface area is 191 Å². The highest BCUT2D eigenvalue weighted by atomic mass is 15.4. The molecule has 0 spiro atoms. The summed E-state index contributed by atoms with van der Waals surface area (Å²) in [5.74, 6) is 2.40. The molecule has 3 heterocycles. The first kappa shape index (κ1) is 27.9. The van der Waals surface area contributed by atoms with Crippen LogP contribution < -0.4 is 0 Å². The maximum atomic E-state index is 2.57. The van der Waals surface area contributed by atoms with Crippen LogP contribution >= 0.6 is 0 Å².